The minimum absolute atomic E-state index is 0.107. The Labute approximate surface area is 159 Å². The minimum Gasteiger partial charge on any atom is -0.298 e. The molecule has 3 nitrogen and oxygen atoms in total. The lowest BCUT2D eigenvalue weighted by Gasteiger charge is -2.30. The highest BCUT2D eigenvalue weighted by molar-refractivity contribution is 5.97. The van der Waals surface area contributed by atoms with Crippen molar-refractivity contribution in [3.05, 3.63) is 70.8 Å². The van der Waals surface area contributed by atoms with Gasteiger partial charge in [0.1, 0.15) is 0 Å². The number of nitrogens with zero attached hydrogens (tertiary/aromatic N) is 2. The van der Waals surface area contributed by atoms with Crippen LogP contribution in [0.25, 0.3) is 5.57 Å². The number of rotatable bonds is 6. The third-order valence-electron chi connectivity index (χ3n) is 5.65. The third-order valence-corrected chi connectivity index (χ3v) is 5.65. The van der Waals surface area contributed by atoms with E-state index < -0.39 is 5.82 Å². The van der Waals surface area contributed by atoms with Gasteiger partial charge in [-0.2, -0.15) is 0 Å². The summed E-state index contributed by atoms with van der Waals surface area (Å²) >= 11 is 0. The predicted octanol–water partition coefficient (Wildman–Crippen LogP) is 4.54. The molecule has 4 rings (SSSR count). The molecule has 1 saturated carbocycles. The Morgan fingerprint density at radius 1 is 1.22 bits per heavy atom. The van der Waals surface area contributed by atoms with E-state index >= 15 is 0 Å². The van der Waals surface area contributed by atoms with Gasteiger partial charge in [-0.05, 0) is 54.9 Å². The lowest BCUT2D eigenvalue weighted by atomic mass is 9.93. The highest BCUT2D eigenvalue weighted by atomic mass is 19.1. The molecule has 27 heavy (non-hydrogen) atoms. The third kappa shape index (κ3) is 4.33. The monoisotopic (exact) mass is 364 g/mol. The highest BCUT2D eigenvalue weighted by Gasteiger charge is 2.26. The molecular weight excluding hydrogens is 339 g/mol. The first kappa shape index (κ1) is 18.1. The Morgan fingerprint density at radius 3 is 2.70 bits per heavy atom. The lowest BCUT2D eigenvalue weighted by Crippen LogP contribution is -2.32. The number of halogens is 1. The van der Waals surface area contributed by atoms with E-state index in [0.717, 1.165) is 37.2 Å². The molecule has 2 aliphatic rings. The smallest absolute Gasteiger partial charge is 0.170 e. The highest BCUT2D eigenvalue weighted by Crippen LogP contribution is 2.33. The van der Waals surface area contributed by atoms with Crippen molar-refractivity contribution in [2.24, 2.45) is 5.92 Å². The van der Waals surface area contributed by atoms with Crippen molar-refractivity contribution in [1.29, 1.82) is 0 Å². The Kier molecular flexibility index (Phi) is 5.17. The maximum atomic E-state index is 13.7. The zero-order chi connectivity index (χ0) is 18.8. The molecule has 2 heterocycles. The van der Waals surface area contributed by atoms with Crippen molar-refractivity contribution in [2.75, 3.05) is 19.6 Å². The molecule has 1 aliphatic heterocycles. The van der Waals surface area contributed by atoms with Crippen LogP contribution in [0, 0.1) is 11.7 Å². The SMILES string of the molecule is CC1=C(c2ccc(CC(=O)c3ccncc3F)cc2)CN(CC2CC2)CC1. The van der Waals surface area contributed by atoms with Gasteiger partial charge in [-0.1, -0.05) is 29.8 Å². The van der Waals surface area contributed by atoms with Gasteiger partial charge < -0.3 is 0 Å². The Hall–Kier alpha value is -2.33. The second kappa shape index (κ2) is 7.73. The second-order valence-corrected chi connectivity index (χ2v) is 7.84. The van der Waals surface area contributed by atoms with Crippen molar-refractivity contribution in [3.8, 4) is 0 Å². The van der Waals surface area contributed by atoms with Crippen LogP contribution in [0.4, 0.5) is 4.39 Å². The summed E-state index contributed by atoms with van der Waals surface area (Å²) in [6, 6.07) is 9.63. The number of ketones is 1. The van der Waals surface area contributed by atoms with Gasteiger partial charge >= 0.3 is 0 Å². The molecule has 140 valence electrons. The first-order chi connectivity index (χ1) is 13.1. The van der Waals surface area contributed by atoms with Gasteiger partial charge in [0.15, 0.2) is 11.6 Å². The molecule has 1 fully saturated rings. The van der Waals surface area contributed by atoms with Crippen molar-refractivity contribution < 1.29 is 9.18 Å². The fraction of sp³-hybridized carbons (Fsp3) is 0.391. The largest absolute Gasteiger partial charge is 0.298 e. The molecule has 0 amide bonds. The van der Waals surface area contributed by atoms with Crippen molar-refractivity contribution in [1.82, 2.24) is 9.88 Å². The summed E-state index contributed by atoms with van der Waals surface area (Å²) < 4.78 is 13.7. The first-order valence-electron chi connectivity index (χ1n) is 9.73. The van der Waals surface area contributed by atoms with E-state index in [1.165, 1.54) is 48.4 Å². The van der Waals surface area contributed by atoms with Crippen molar-refractivity contribution >= 4 is 11.4 Å². The zero-order valence-electron chi connectivity index (χ0n) is 15.7. The summed E-state index contributed by atoms with van der Waals surface area (Å²) in [6.07, 6.45) is 6.63. The maximum absolute atomic E-state index is 13.7. The molecule has 1 aromatic heterocycles. The predicted molar refractivity (Wildman–Crippen MR) is 105 cm³/mol. The van der Waals surface area contributed by atoms with Crippen LogP contribution >= 0.6 is 0 Å². The summed E-state index contributed by atoms with van der Waals surface area (Å²) in [6.45, 7) is 5.63. The van der Waals surface area contributed by atoms with Gasteiger partial charge in [-0.25, -0.2) is 4.39 Å². The van der Waals surface area contributed by atoms with Crippen molar-refractivity contribution in [3.63, 3.8) is 0 Å². The maximum Gasteiger partial charge on any atom is 0.170 e. The molecule has 0 spiro atoms. The van der Waals surface area contributed by atoms with Crippen LogP contribution in [0.2, 0.25) is 0 Å². The Bertz CT molecular complexity index is 868. The number of hydrogen-bond donors (Lipinski definition) is 0. The van der Waals surface area contributed by atoms with E-state index in [9.17, 15) is 9.18 Å². The number of pyridine rings is 1. The summed E-state index contributed by atoms with van der Waals surface area (Å²) in [4.78, 5) is 18.6. The quantitative estimate of drug-likeness (QED) is 0.706. The number of carbonyl (C=O) groups excluding carboxylic acids is 1. The van der Waals surface area contributed by atoms with Crippen LogP contribution in [-0.2, 0) is 6.42 Å². The normalized spacial score (nSPS) is 18.0. The molecule has 1 aliphatic carbocycles. The van der Waals surface area contributed by atoms with E-state index in [1.807, 2.05) is 12.1 Å². The van der Waals surface area contributed by atoms with Crippen LogP contribution in [0.15, 0.2) is 48.3 Å². The number of benzene rings is 1. The van der Waals surface area contributed by atoms with Gasteiger partial charge in [0.05, 0.1) is 11.8 Å². The second-order valence-electron chi connectivity index (χ2n) is 7.84. The van der Waals surface area contributed by atoms with Crippen molar-refractivity contribution in [2.45, 2.75) is 32.6 Å². The van der Waals surface area contributed by atoms with Gasteiger partial charge in [0.2, 0.25) is 0 Å². The average molecular weight is 364 g/mol. The molecule has 0 N–H and O–H groups in total. The van der Waals surface area contributed by atoms with Crippen LogP contribution in [0.5, 0.6) is 0 Å². The van der Waals surface area contributed by atoms with Gasteiger partial charge in [0, 0.05) is 32.3 Å². The Balaban J connectivity index is 1.45. The fourth-order valence-corrected chi connectivity index (χ4v) is 3.78. The fourth-order valence-electron chi connectivity index (χ4n) is 3.78. The molecule has 1 aromatic carbocycles. The zero-order valence-corrected chi connectivity index (χ0v) is 15.7. The van der Waals surface area contributed by atoms with Crippen LogP contribution in [0.1, 0.15) is 47.7 Å². The number of Topliss-reactive ketones (excluding diaryl/α,β-unsaturated/α-hetero) is 1. The van der Waals surface area contributed by atoms with Gasteiger partial charge in [-0.15, -0.1) is 0 Å². The number of carbonyl (C=O) groups is 1. The van der Waals surface area contributed by atoms with Gasteiger partial charge in [-0.3, -0.25) is 14.7 Å². The van der Waals surface area contributed by atoms with E-state index in [0.29, 0.717) is 0 Å². The first-order valence-corrected chi connectivity index (χ1v) is 9.73. The summed E-state index contributed by atoms with van der Waals surface area (Å²) in [5, 5.41) is 0. The average Bonchev–Trinajstić information content (AvgIpc) is 3.48. The number of hydrogen-bond acceptors (Lipinski definition) is 3. The van der Waals surface area contributed by atoms with Crippen LogP contribution in [-0.4, -0.2) is 35.3 Å². The molecule has 0 saturated heterocycles. The topological polar surface area (TPSA) is 33.2 Å². The minimum atomic E-state index is -0.558. The Morgan fingerprint density at radius 2 is 2.00 bits per heavy atom. The van der Waals surface area contributed by atoms with Crippen LogP contribution in [0.3, 0.4) is 0 Å². The number of aromatic nitrogens is 1. The molecule has 0 unspecified atom stereocenters. The summed E-state index contributed by atoms with van der Waals surface area (Å²) in [5.41, 5.74) is 5.13. The van der Waals surface area contributed by atoms with E-state index in [2.05, 4.69) is 28.9 Å². The summed E-state index contributed by atoms with van der Waals surface area (Å²) in [7, 11) is 0. The molecule has 0 atom stereocenters. The molecule has 0 bridgehead atoms. The molecule has 2 aromatic rings. The molecule has 4 heteroatoms. The van der Waals surface area contributed by atoms with E-state index in [4.69, 9.17) is 0 Å². The molecule has 0 radical (unpaired) electrons. The van der Waals surface area contributed by atoms with E-state index in [-0.39, 0.29) is 17.8 Å². The van der Waals surface area contributed by atoms with Gasteiger partial charge in [0.25, 0.3) is 0 Å². The summed E-state index contributed by atoms with van der Waals surface area (Å²) in [5.74, 6) is 0.135. The van der Waals surface area contributed by atoms with Crippen LogP contribution < -0.4 is 0 Å². The van der Waals surface area contributed by atoms with E-state index in [1.54, 1.807) is 0 Å². The molecular formula is C23H25FN2O. The standard InChI is InChI=1S/C23H25FN2O/c1-16-9-11-26(14-18-2-3-18)15-21(16)19-6-4-17(5-7-19)12-23(27)20-8-10-25-13-22(20)24/h4-8,10,13,18H,2-3,9,11-12,14-15H2,1H3. The lowest BCUT2D eigenvalue weighted by molar-refractivity contribution is 0.0989.